The third-order valence-corrected chi connectivity index (χ3v) is 4.23. The molecule has 2 rings (SSSR count). The summed E-state index contributed by atoms with van der Waals surface area (Å²) in [5, 5.41) is 3.51. The number of carbonyl (C=O) groups is 3. The lowest BCUT2D eigenvalue weighted by Gasteiger charge is -2.33. The van der Waals surface area contributed by atoms with Gasteiger partial charge in [0.25, 0.3) is 0 Å². The Bertz CT molecular complexity index is 651. The molecule has 0 radical (unpaired) electrons. The molecule has 0 aliphatic carbocycles. The maximum atomic E-state index is 12.6. The number of nitrogens with zero attached hydrogens (tertiary/aromatic N) is 2. The van der Waals surface area contributed by atoms with E-state index in [0.717, 1.165) is 0 Å². The smallest absolute Gasteiger partial charge is 0.340 e. The fourth-order valence-corrected chi connectivity index (χ4v) is 3.33. The van der Waals surface area contributed by atoms with Crippen LogP contribution in [0.3, 0.4) is 0 Å². The van der Waals surface area contributed by atoms with E-state index in [1.165, 1.54) is 16.7 Å². The highest BCUT2D eigenvalue weighted by molar-refractivity contribution is 8.15. The second kappa shape index (κ2) is 7.47. The minimum atomic E-state index is -1.20. The summed E-state index contributed by atoms with van der Waals surface area (Å²) in [7, 11) is 0. The van der Waals surface area contributed by atoms with Crippen molar-refractivity contribution >= 4 is 34.8 Å². The molecule has 0 bridgehead atoms. The molecule has 2 aliphatic rings. The lowest BCUT2D eigenvalue weighted by molar-refractivity contribution is -0.152. The van der Waals surface area contributed by atoms with Gasteiger partial charge in [0.05, 0.1) is 19.0 Å². The SMILES string of the molecule is CCOC(=O)C1=C(NC(C)(C)C)N=C2SCC(=O)N2C1C(=O)OCC. The summed E-state index contributed by atoms with van der Waals surface area (Å²) in [6, 6.07) is -1.20. The monoisotopic (exact) mass is 369 g/mol. The van der Waals surface area contributed by atoms with Gasteiger partial charge in [0.15, 0.2) is 11.2 Å². The van der Waals surface area contributed by atoms with E-state index in [9.17, 15) is 14.4 Å². The maximum absolute atomic E-state index is 12.6. The van der Waals surface area contributed by atoms with Crippen molar-refractivity contribution in [1.29, 1.82) is 0 Å². The van der Waals surface area contributed by atoms with Crippen molar-refractivity contribution in [1.82, 2.24) is 10.2 Å². The summed E-state index contributed by atoms with van der Waals surface area (Å²) in [6.45, 7) is 9.32. The van der Waals surface area contributed by atoms with Gasteiger partial charge in [-0.05, 0) is 34.6 Å². The maximum Gasteiger partial charge on any atom is 0.340 e. The van der Waals surface area contributed by atoms with Crippen molar-refractivity contribution in [3.8, 4) is 0 Å². The Kier molecular flexibility index (Phi) is 5.76. The molecule has 25 heavy (non-hydrogen) atoms. The van der Waals surface area contributed by atoms with Crippen molar-refractivity contribution < 1.29 is 23.9 Å². The van der Waals surface area contributed by atoms with Gasteiger partial charge >= 0.3 is 11.9 Å². The van der Waals surface area contributed by atoms with Crippen LogP contribution in [-0.4, -0.2) is 58.5 Å². The van der Waals surface area contributed by atoms with Crippen LogP contribution in [0.1, 0.15) is 34.6 Å². The van der Waals surface area contributed by atoms with Gasteiger partial charge < -0.3 is 14.8 Å². The third-order valence-electron chi connectivity index (χ3n) is 3.29. The summed E-state index contributed by atoms with van der Waals surface area (Å²) in [5.74, 6) is -1.27. The van der Waals surface area contributed by atoms with Crippen LogP contribution in [0, 0.1) is 0 Å². The molecule has 0 aromatic carbocycles. The Hall–Kier alpha value is -2.03. The van der Waals surface area contributed by atoms with Crippen LogP contribution in [0.4, 0.5) is 0 Å². The lowest BCUT2D eigenvalue weighted by atomic mass is 10.0. The van der Waals surface area contributed by atoms with Crippen molar-refractivity contribution in [2.45, 2.75) is 46.2 Å². The average Bonchev–Trinajstić information content (AvgIpc) is 2.85. The highest BCUT2D eigenvalue weighted by Gasteiger charge is 2.48. The first-order chi connectivity index (χ1) is 11.7. The highest BCUT2D eigenvalue weighted by atomic mass is 32.2. The summed E-state index contributed by atoms with van der Waals surface area (Å²) in [6.07, 6.45) is 0. The minimum absolute atomic E-state index is 0.00479. The summed E-state index contributed by atoms with van der Waals surface area (Å²) in [4.78, 5) is 43.0. The minimum Gasteiger partial charge on any atom is -0.464 e. The number of fused-ring (bicyclic) bond motifs is 1. The zero-order valence-electron chi connectivity index (χ0n) is 15.0. The van der Waals surface area contributed by atoms with E-state index < -0.39 is 23.5 Å². The molecule has 0 aromatic heterocycles. The predicted octanol–water partition coefficient (Wildman–Crippen LogP) is 1.03. The van der Waals surface area contributed by atoms with Gasteiger partial charge in [-0.2, -0.15) is 0 Å². The van der Waals surface area contributed by atoms with Gasteiger partial charge in [0.2, 0.25) is 5.91 Å². The van der Waals surface area contributed by atoms with Gasteiger partial charge in [0.1, 0.15) is 11.4 Å². The Morgan fingerprint density at radius 3 is 2.48 bits per heavy atom. The Labute approximate surface area is 151 Å². The number of amides is 1. The molecule has 138 valence electrons. The van der Waals surface area contributed by atoms with E-state index >= 15 is 0 Å². The summed E-state index contributed by atoms with van der Waals surface area (Å²) in [5.41, 5.74) is -0.416. The van der Waals surface area contributed by atoms with Crippen LogP contribution in [0.25, 0.3) is 0 Å². The quantitative estimate of drug-likeness (QED) is 0.723. The number of thioether (sulfide) groups is 1. The zero-order valence-corrected chi connectivity index (χ0v) is 15.9. The van der Waals surface area contributed by atoms with Gasteiger partial charge in [-0.25, -0.2) is 14.6 Å². The topological polar surface area (TPSA) is 97.3 Å². The van der Waals surface area contributed by atoms with Gasteiger partial charge in [-0.15, -0.1) is 0 Å². The fourth-order valence-electron chi connectivity index (χ4n) is 2.44. The van der Waals surface area contributed by atoms with Crippen LogP contribution < -0.4 is 5.32 Å². The third kappa shape index (κ3) is 4.15. The number of carbonyl (C=O) groups excluding carboxylic acids is 3. The van der Waals surface area contributed by atoms with Gasteiger partial charge in [0, 0.05) is 5.54 Å². The van der Waals surface area contributed by atoms with Crippen LogP contribution in [-0.2, 0) is 23.9 Å². The molecule has 9 heteroatoms. The molecule has 2 heterocycles. The summed E-state index contributed by atoms with van der Waals surface area (Å²) >= 11 is 1.22. The predicted molar refractivity (Wildman–Crippen MR) is 93.7 cm³/mol. The summed E-state index contributed by atoms with van der Waals surface area (Å²) < 4.78 is 10.2. The molecule has 1 amide bonds. The second-order valence-corrected chi connectivity index (χ2v) is 7.40. The Morgan fingerprint density at radius 2 is 1.92 bits per heavy atom. The van der Waals surface area contributed by atoms with Crippen LogP contribution in [0.5, 0.6) is 0 Å². The van der Waals surface area contributed by atoms with Gasteiger partial charge in [-0.1, -0.05) is 11.8 Å². The first kappa shape index (κ1) is 19.3. The van der Waals surface area contributed by atoms with Crippen LogP contribution in [0.15, 0.2) is 16.4 Å². The van der Waals surface area contributed by atoms with E-state index in [4.69, 9.17) is 9.47 Å². The number of nitrogens with one attached hydrogen (secondary N) is 1. The Balaban J connectivity index is 2.59. The highest BCUT2D eigenvalue weighted by Crippen LogP contribution is 2.33. The van der Waals surface area contributed by atoms with Crippen molar-refractivity contribution in [3.05, 3.63) is 11.4 Å². The van der Waals surface area contributed by atoms with Crippen molar-refractivity contribution in [3.63, 3.8) is 0 Å². The number of ether oxygens (including phenoxy) is 2. The number of amidine groups is 1. The lowest BCUT2D eigenvalue weighted by Crippen LogP contribution is -2.52. The first-order valence-corrected chi connectivity index (χ1v) is 9.07. The fraction of sp³-hybridized carbons (Fsp3) is 0.625. The zero-order chi connectivity index (χ0) is 18.8. The number of hydrogen-bond acceptors (Lipinski definition) is 8. The van der Waals surface area contributed by atoms with E-state index in [1.807, 2.05) is 20.8 Å². The van der Waals surface area contributed by atoms with Crippen molar-refractivity contribution in [2.24, 2.45) is 4.99 Å². The number of esters is 2. The largest absolute Gasteiger partial charge is 0.464 e. The van der Waals surface area contributed by atoms with Crippen LogP contribution in [0.2, 0.25) is 0 Å². The molecular formula is C16H23N3O5S. The normalized spacial score (nSPS) is 20.2. The van der Waals surface area contributed by atoms with E-state index in [2.05, 4.69) is 10.3 Å². The molecule has 1 atom stereocenters. The number of aliphatic imine (C=N–C) groups is 1. The molecule has 2 aliphatic heterocycles. The van der Waals surface area contributed by atoms with Crippen LogP contribution >= 0.6 is 11.8 Å². The van der Waals surface area contributed by atoms with E-state index in [0.29, 0.717) is 5.17 Å². The molecule has 1 fully saturated rings. The molecular weight excluding hydrogens is 346 g/mol. The molecule has 0 saturated carbocycles. The molecule has 8 nitrogen and oxygen atoms in total. The average molecular weight is 369 g/mol. The molecule has 0 aromatic rings. The number of hydrogen-bond donors (Lipinski definition) is 1. The van der Waals surface area contributed by atoms with E-state index in [1.54, 1.807) is 13.8 Å². The molecule has 1 N–H and O–H groups in total. The second-order valence-electron chi connectivity index (χ2n) is 6.46. The molecule has 1 unspecified atom stereocenters. The standard InChI is InChI=1S/C16H23N3O5S/c1-6-23-13(21)10-11(14(22)24-7-2)19-9(20)8-25-15(19)17-12(10)18-16(3,4)5/h11,18H,6-8H2,1-5H3. The Morgan fingerprint density at radius 1 is 1.28 bits per heavy atom. The first-order valence-electron chi connectivity index (χ1n) is 8.09. The molecule has 0 spiro atoms. The number of rotatable bonds is 5. The van der Waals surface area contributed by atoms with E-state index in [-0.39, 0.29) is 36.3 Å². The molecule has 1 saturated heterocycles. The van der Waals surface area contributed by atoms with Gasteiger partial charge in [-0.3, -0.25) is 9.69 Å². The van der Waals surface area contributed by atoms with Crippen molar-refractivity contribution in [2.75, 3.05) is 19.0 Å².